The van der Waals surface area contributed by atoms with Crippen LogP contribution in [0.1, 0.15) is 26.2 Å². The average molecular weight is 172 g/mol. The zero-order valence-corrected chi connectivity index (χ0v) is 9.02. The van der Waals surface area contributed by atoms with Crippen molar-refractivity contribution in [1.29, 1.82) is 0 Å². The van der Waals surface area contributed by atoms with Gasteiger partial charge in [0.15, 0.2) is 0 Å². The molecule has 0 aromatic carbocycles. The molecule has 0 aromatic rings. The molecule has 1 saturated heterocycles. The predicted octanol–water partition coefficient (Wildman–Crippen LogP) is 2.82. The summed E-state index contributed by atoms with van der Waals surface area (Å²) in [6.07, 6.45) is 5.56. The van der Waals surface area contributed by atoms with Crippen molar-refractivity contribution >= 4 is 8.07 Å². The molecule has 0 aliphatic carbocycles. The first-order valence-electron chi connectivity index (χ1n) is 4.76. The average Bonchev–Trinajstić information content (AvgIpc) is 1.94. The van der Waals surface area contributed by atoms with Crippen molar-refractivity contribution in [3.63, 3.8) is 0 Å². The lowest BCUT2D eigenvalue weighted by atomic mass is 10.1. The maximum absolute atomic E-state index is 5.80. The number of rotatable bonds is 2. The minimum atomic E-state index is -0.884. The van der Waals surface area contributed by atoms with E-state index in [1.165, 1.54) is 25.3 Å². The van der Waals surface area contributed by atoms with Crippen LogP contribution in [0.2, 0.25) is 19.1 Å². The summed E-state index contributed by atoms with van der Waals surface area (Å²) in [5.74, 6) is 0. The van der Waals surface area contributed by atoms with E-state index < -0.39 is 8.07 Å². The third-order valence-electron chi connectivity index (χ3n) is 2.46. The molecule has 66 valence electrons. The number of hydrogen-bond acceptors (Lipinski definition) is 1. The van der Waals surface area contributed by atoms with Crippen LogP contribution in [-0.2, 0) is 4.74 Å². The molecular weight excluding hydrogens is 152 g/mol. The minimum absolute atomic E-state index is 0.598. The maximum atomic E-state index is 5.80. The summed E-state index contributed by atoms with van der Waals surface area (Å²) in [4.78, 5) is 0. The van der Waals surface area contributed by atoms with Crippen molar-refractivity contribution in [2.75, 3.05) is 6.23 Å². The molecular formula is C9H20OSi. The zero-order valence-electron chi connectivity index (χ0n) is 8.02. The Morgan fingerprint density at radius 2 is 2.18 bits per heavy atom. The van der Waals surface area contributed by atoms with Gasteiger partial charge in [-0.05, 0) is 12.8 Å². The summed E-state index contributed by atoms with van der Waals surface area (Å²) in [5.41, 5.74) is 0. The molecule has 1 nitrogen and oxygen atoms in total. The molecule has 1 aliphatic rings. The van der Waals surface area contributed by atoms with Gasteiger partial charge >= 0.3 is 0 Å². The van der Waals surface area contributed by atoms with Crippen LogP contribution in [0.4, 0.5) is 0 Å². The Morgan fingerprint density at radius 1 is 1.45 bits per heavy atom. The van der Waals surface area contributed by atoms with Gasteiger partial charge in [-0.3, -0.25) is 0 Å². The molecule has 0 N–H and O–H groups in total. The second-order valence-corrected chi connectivity index (χ2v) is 9.54. The second kappa shape index (κ2) is 3.72. The van der Waals surface area contributed by atoms with Gasteiger partial charge in [0.25, 0.3) is 0 Å². The van der Waals surface area contributed by atoms with Crippen LogP contribution < -0.4 is 0 Å². The molecule has 1 fully saturated rings. The molecule has 0 unspecified atom stereocenters. The Labute approximate surface area is 71.1 Å². The summed E-state index contributed by atoms with van der Waals surface area (Å²) >= 11 is 0. The fraction of sp³-hybridized carbons (Fsp3) is 1.00. The van der Waals surface area contributed by atoms with Crippen LogP contribution in [0.5, 0.6) is 0 Å². The fourth-order valence-corrected chi connectivity index (χ4v) is 3.53. The highest BCUT2D eigenvalue weighted by molar-refractivity contribution is 6.77. The van der Waals surface area contributed by atoms with Crippen LogP contribution in [0, 0.1) is 0 Å². The summed E-state index contributed by atoms with van der Waals surface area (Å²) < 4.78 is 5.80. The molecule has 0 saturated carbocycles. The molecule has 1 atom stereocenters. The first-order valence-corrected chi connectivity index (χ1v) is 8.17. The Morgan fingerprint density at radius 3 is 2.64 bits per heavy atom. The zero-order chi connectivity index (χ0) is 8.32. The lowest BCUT2D eigenvalue weighted by molar-refractivity contribution is 0.0606. The molecule has 0 aromatic heterocycles. The lowest BCUT2D eigenvalue weighted by Gasteiger charge is -2.32. The van der Waals surface area contributed by atoms with Gasteiger partial charge in [-0.15, -0.1) is 0 Å². The van der Waals surface area contributed by atoms with Gasteiger partial charge in [0, 0.05) is 6.23 Å². The van der Waals surface area contributed by atoms with Gasteiger partial charge in [-0.2, -0.15) is 0 Å². The number of ether oxygens (including phenoxy) is 1. The van der Waals surface area contributed by atoms with Gasteiger partial charge in [0.1, 0.15) is 0 Å². The van der Waals surface area contributed by atoms with Gasteiger partial charge < -0.3 is 4.74 Å². The van der Waals surface area contributed by atoms with E-state index in [9.17, 15) is 0 Å². The Hall–Kier alpha value is 0.177. The normalized spacial score (nSPS) is 30.3. The van der Waals surface area contributed by atoms with Gasteiger partial charge in [-0.1, -0.05) is 32.5 Å². The Balaban J connectivity index is 2.25. The number of hydrogen-bond donors (Lipinski definition) is 0. The fourth-order valence-electron chi connectivity index (χ4n) is 1.60. The van der Waals surface area contributed by atoms with E-state index in [2.05, 4.69) is 20.0 Å². The van der Waals surface area contributed by atoms with Crippen LogP contribution in [0.3, 0.4) is 0 Å². The van der Waals surface area contributed by atoms with Crippen molar-refractivity contribution in [3.05, 3.63) is 0 Å². The predicted molar refractivity (Wildman–Crippen MR) is 51.6 cm³/mol. The molecule has 1 heterocycles. The summed E-state index contributed by atoms with van der Waals surface area (Å²) in [5, 5.41) is 0. The SMILES string of the molecule is CCC[C@H]1CC[Si](C)(C)CO1. The molecule has 0 radical (unpaired) electrons. The smallest absolute Gasteiger partial charge is 0.0777 e. The van der Waals surface area contributed by atoms with E-state index in [-0.39, 0.29) is 0 Å². The van der Waals surface area contributed by atoms with E-state index in [0.29, 0.717) is 6.10 Å². The van der Waals surface area contributed by atoms with E-state index in [4.69, 9.17) is 4.74 Å². The minimum Gasteiger partial charge on any atom is -0.382 e. The highest BCUT2D eigenvalue weighted by atomic mass is 28.3. The maximum Gasteiger partial charge on any atom is 0.0777 e. The molecule has 0 spiro atoms. The van der Waals surface area contributed by atoms with Crippen molar-refractivity contribution in [2.45, 2.75) is 51.4 Å². The van der Waals surface area contributed by atoms with Crippen LogP contribution in [0.25, 0.3) is 0 Å². The molecule has 11 heavy (non-hydrogen) atoms. The Kier molecular flexibility index (Phi) is 3.13. The lowest BCUT2D eigenvalue weighted by Crippen LogP contribution is -2.40. The quantitative estimate of drug-likeness (QED) is 0.582. The second-order valence-electron chi connectivity index (χ2n) is 4.42. The van der Waals surface area contributed by atoms with E-state index in [0.717, 1.165) is 6.23 Å². The van der Waals surface area contributed by atoms with Gasteiger partial charge in [0.05, 0.1) is 14.2 Å². The monoisotopic (exact) mass is 172 g/mol. The van der Waals surface area contributed by atoms with Crippen molar-refractivity contribution in [3.8, 4) is 0 Å². The summed E-state index contributed by atoms with van der Waals surface area (Å²) in [7, 11) is -0.884. The van der Waals surface area contributed by atoms with Crippen molar-refractivity contribution < 1.29 is 4.74 Å². The van der Waals surface area contributed by atoms with Crippen molar-refractivity contribution in [1.82, 2.24) is 0 Å². The first-order chi connectivity index (χ1) is 5.14. The highest BCUT2D eigenvalue weighted by Crippen LogP contribution is 2.24. The topological polar surface area (TPSA) is 9.23 Å². The third kappa shape index (κ3) is 2.95. The van der Waals surface area contributed by atoms with E-state index in [1.807, 2.05) is 0 Å². The third-order valence-corrected chi connectivity index (χ3v) is 5.05. The Bertz CT molecular complexity index is 113. The van der Waals surface area contributed by atoms with Crippen LogP contribution >= 0.6 is 0 Å². The molecule has 0 amide bonds. The summed E-state index contributed by atoms with van der Waals surface area (Å²) in [6, 6.07) is 1.47. The van der Waals surface area contributed by atoms with E-state index >= 15 is 0 Å². The molecule has 1 aliphatic heterocycles. The molecule has 2 heteroatoms. The highest BCUT2D eigenvalue weighted by Gasteiger charge is 2.28. The standard InChI is InChI=1S/C9H20OSi/c1-4-5-9-6-7-11(2,3)8-10-9/h9H,4-8H2,1-3H3/t9-/m0/s1. The van der Waals surface area contributed by atoms with Crippen LogP contribution in [0.15, 0.2) is 0 Å². The molecule has 0 bridgehead atoms. The van der Waals surface area contributed by atoms with Gasteiger partial charge in [0.2, 0.25) is 0 Å². The van der Waals surface area contributed by atoms with Gasteiger partial charge in [-0.25, -0.2) is 0 Å². The largest absolute Gasteiger partial charge is 0.382 e. The van der Waals surface area contributed by atoms with E-state index in [1.54, 1.807) is 0 Å². The van der Waals surface area contributed by atoms with Crippen molar-refractivity contribution in [2.24, 2.45) is 0 Å². The first kappa shape index (κ1) is 9.27. The van der Waals surface area contributed by atoms with Crippen LogP contribution in [-0.4, -0.2) is 20.4 Å². The molecule has 1 rings (SSSR count). The summed E-state index contributed by atoms with van der Waals surface area (Å²) in [6.45, 7) is 7.09.